The fourth-order valence-electron chi connectivity index (χ4n) is 1.60. The molecule has 0 aliphatic carbocycles. The molecule has 1 aromatic rings. The first-order chi connectivity index (χ1) is 6.77. The van der Waals surface area contributed by atoms with E-state index in [1.54, 1.807) is 16.2 Å². The number of hydrogen-bond donors (Lipinski definition) is 1. The quantitative estimate of drug-likeness (QED) is 0.752. The maximum atomic E-state index is 10.9. The number of rotatable bonds is 1. The van der Waals surface area contributed by atoms with Crippen LogP contribution in [0.5, 0.6) is 0 Å². The van der Waals surface area contributed by atoms with Crippen LogP contribution < -0.4 is 10.6 Å². The van der Waals surface area contributed by atoms with Crippen LogP contribution in [0.3, 0.4) is 0 Å². The molecular weight excluding hydrogens is 198 g/mol. The van der Waals surface area contributed by atoms with E-state index in [1.807, 2.05) is 6.07 Å². The highest BCUT2D eigenvalue weighted by molar-refractivity contribution is 7.14. The lowest BCUT2D eigenvalue weighted by Crippen LogP contribution is -2.50. The molecule has 0 radical (unpaired) electrons. The van der Waals surface area contributed by atoms with Crippen LogP contribution in [-0.2, 0) is 0 Å². The largest absolute Gasteiger partial charge is 0.360 e. The molecule has 1 aromatic heterocycles. The Balaban J connectivity index is 1.93. The summed E-state index contributed by atoms with van der Waals surface area (Å²) in [6, 6.07) is 3.83. The minimum Gasteiger partial charge on any atom is -0.360 e. The highest BCUT2D eigenvalue weighted by atomic mass is 32.1. The van der Waals surface area contributed by atoms with Crippen molar-refractivity contribution < 1.29 is 4.79 Å². The van der Waals surface area contributed by atoms with E-state index in [0.717, 1.165) is 26.2 Å². The second-order valence-corrected chi connectivity index (χ2v) is 4.19. The van der Waals surface area contributed by atoms with Crippen LogP contribution in [0.2, 0.25) is 0 Å². The third-order valence-corrected chi connectivity index (χ3v) is 3.34. The van der Waals surface area contributed by atoms with Gasteiger partial charge in [0.15, 0.2) is 0 Å². The highest BCUT2D eigenvalue weighted by Gasteiger charge is 2.19. The number of urea groups is 1. The van der Waals surface area contributed by atoms with E-state index in [4.69, 9.17) is 5.73 Å². The fourth-order valence-corrected chi connectivity index (χ4v) is 2.38. The molecule has 2 N–H and O–H groups in total. The average Bonchev–Trinajstić information content (AvgIpc) is 2.71. The van der Waals surface area contributed by atoms with E-state index in [-0.39, 0.29) is 6.03 Å². The standard InChI is InChI=1S/C9H13N3OS/c10-9(13)12-5-3-11(4-6-12)8-2-1-7-14-8/h1-2,7H,3-6H2,(H2,10,13). The summed E-state index contributed by atoms with van der Waals surface area (Å²) in [6.07, 6.45) is 0. The Labute approximate surface area is 86.9 Å². The van der Waals surface area contributed by atoms with Crippen molar-refractivity contribution in [3.8, 4) is 0 Å². The lowest BCUT2D eigenvalue weighted by Gasteiger charge is -2.34. The van der Waals surface area contributed by atoms with Gasteiger partial charge in [0, 0.05) is 26.2 Å². The summed E-state index contributed by atoms with van der Waals surface area (Å²) in [5.74, 6) is 0. The Morgan fingerprint density at radius 2 is 2.07 bits per heavy atom. The number of thiophene rings is 1. The van der Waals surface area contributed by atoms with E-state index in [9.17, 15) is 4.79 Å². The second-order valence-electron chi connectivity index (χ2n) is 3.26. The molecule has 1 aliphatic heterocycles. The minimum absolute atomic E-state index is 0.309. The zero-order valence-electron chi connectivity index (χ0n) is 7.85. The molecule has 0 unspecified atom stereocenters. The first-order valence-corrected chi connectivity index (χ1v) is 5.48. The van der Waals surface area contributed by atoms with E-state index < -0.39 is 0 Å². The highest BCUT2D eigenvalue weighted by Crippen LogP contribution is 2.22. The fraction of sp³-hybridized carbons (Fsp3) is 0.444. The summed E-state index contributed by atoms with van der Waals surface area (Å²) in [7, 11) is 0. The summed E-state index contributed by atoms with van der Waals surface area (Å²) < 4.78 is 0. The molecule has 0 bridgehead atoms. The SMILES string of the molecule is NC(=O)N1CCN(c2cccs2)CC1. The van der Waals surface area contributed by atoms with Gasteiger partial charge in [0.25, 0.3) is 0 Å². The maximum absolute atomic E-state index is 10.9. The van der Waals surface area contributed by atoms with Crippen molar-refractivity contribution in [1.29, 1.82) is 0 Å². The van der Waals surface area contributed by atoms with E-state index in [1.165, 1.54) is 5.00 Å². The summed E-state index contributed by atoms with van der Waals surface area (Å²) in [5, 5.41) is 3.34. The van der Waals surface area contributed by atoms with Gasteiger partial charge < -0.3 is 15.5 Å². The molecule has 76 valence electrons. The number of nitrogens with two attached hydrogens (primary N) is 1. The van der Waals surface area contributed by atoms with Gasteiger partial charge in [-0.2, -0.15) is 0 Å². The molecule has 5 heteroatoms. The lowest BCUT2D eigenvalue weighted by molar-refractivity contribution is 0.204. The van der Waals surface area contributed by atoms with Crippen molar-refractivity contribution in [3.05, 3.63) is 17.5 Å². The van der Waals surface area contributed by atoms with E-state index in [2.05, 4.69) is 16.3 Å². The first kappa shape index (κ1) is 9.33. The number of piperazine rings is 1. The summed E-state index contributed by atoms with van der Waals surface area (Å²) in [6.45, 7) is 3.22. The molecule has 0 aromatic carbocycles. The molecule has 1 aliphatic rings. The summed E-state index contributed by atoms with van der Waals surface area (Å²) in [5.41, 5.74) is 5.20. The van der Waals surface area contributed by atoms with Crippen molar-refractivity contribution in [3.63, 3.8) is 0 Å². The molecule has 14 heavy (non-hydrogen) atoms. The molecule has 2 amide bonds. The lowest BCUT2D eigenvalue weighted by atomic mass is 10.3. The van der Waals surface area contributed by atoms with Crippen LogP contribution in [0.4, 0.5) is 9.80 Å². The van der Waals surface area contributed by atoms with Gasteiger partial charge in [0.05, 0.1) is 5.00 Å². The monoisotopic (exact) mass is 211 g/mol. The number of primary amides is 1. The van der Waals surface area contributed by atoms with Crippen LogP contribution in [0.1, 0.15) is 0 Å². The van der Waals surface area contributed by atoms with Gasteiger partial charge >= 0.3 is 6.03 Å². The van der Waals surface area contributed by atoms with Gasteiger partial charge in [-0.1, -0.05) is 0 Å². The molecule has 4 nitrogen and oxygen atoms in total. The second kappa shape index (κ2) is 3.88. The Hall–Kier alpha value is -1.23. The normalized spacial score (nSPS) is 17.1. The van der Waals surface area contributed by atoms with Crippen LogP contribution in [0.25, 0.3) is 0 Å². The van der Waals surface area contributed by atoms with Crippen LogP contribution >= 0.6 is 11.3 Å². The predicted molar refractivity (Wildman–Crippen MR) is 57.7 cm³/mol. The zero-order valence-corrected chi connectivity index (χ0v) is 8.67. The molecule has 0 saturated carbocycles. The number of nitrogens with zero attached hydrogens (tertiary/aromatic N) is 2. The van der Waals surface area contributed by atoms with Gasteiger partial charge in [-0.3, -0.25) is 0 Å². The Bertz CT molecular complexity index is 304. The van der Waals surface area contributed by atoms with Crippen molar-refractivity contribution in [2.45, 2.75) is 0 Å². The molecule has 0 atom stereocenters. The number of anilines is 1. The summed E-state index contributed by atoms with van der Waals surface area (Å²) >= 11 is 1.73. The Morgan fingerprint density at radius 3 is 2.57 bits per heavy atom. The molecule has 1 fully saturated rings. The zero-order chi connectivity index (χ0) is 9.97. The number of amides is 2. The molecule has 0 spiro atoms. The average molecular weight is 211 g/mol. The van der Waals surface area contributed by atoms with Gasteiger partial charge in [-0.05, 0) is 17.5 Å². The van der Waals surface area contributed by atoms with E-state index in [0.29, 0.717) is 0 Å². The molecule has 2 rings (SSSR count). The van der Waals surface area contributed by atoms with Crippen molar-refractivity contribution in [1.82, 2.24) is 4.90 Å². The predicted octanol–water partition coefficient (Wildman–Crippen LogP) is 0.949. The minimum atomic E-state index is -0.309. The van der Waals surface area contributed by atoms with Crippen molar-refractivity contribution >= 4 is 22.4 Å². The Kier molecular flexibility index (Phi) is 2.58. The van der Waals surface area contributed by atoms with Gasteiger partial charge in [-0.15, -0.1) is 11.3 Å². The van der Waals surface area contributed by atoms with E-state index >= 15 is 0 Å². The smallest absolute Gasteiger partial charge is 0.314 e. The van der Waals surface area contributed by atoms with Crippen LogP contribution in [0.15, 0.2) is 17.5 Å². The van der Waals surface area contributed by atoms with Gasteiger partial charge in [0.1, 0.15) is 0 Å². The topological polar surface area (TPSA) is 49.6 Å². The van der Waals surface area contributed by atoms with Gasteiger partial charge in [-0.25, -0.2) is 4.79 Å². The first-order valence-electron chi connectivity index (χ1n) is 4.60. The molecular formula is C9H13N3OS. The van der Waals surface area contributed by atoms with Crippen LogP contribution in [0, 0.1) is 0 Å². The third-order valence-electron chi connectivity index (χ3n) is 2.41. The summed E-state index contributed by atoms with van der Waals surface area (Å²) in [4.78, 5) is 14.8. The van der Waals surface area contributed by atoms with Crippen molar-refractivity contribution in [2.24, 2.45) is 5.73 Å². The molecule has 2 heterocycles. The Morgan fingerprint density at radius 1 is 1.36 bits per heavy atom. The van der Waals surface area contributed by atoms with Crippen LogP contribution in [-0.4, -0.2) is 37.1 Å². The van der Waals surface area contributed by atoms with Crippen molar-refractivity contribution in [2.75, 3.05) is 31.1 Å². The molecule has 1 saturated heterocycles. The maximum Gasteiger partial charge on any atom is 0.314 e. The number of hydrogen-bond acceptors (Lipinski definition) is 3. The third kappa shape index (κ3) is 1.82. The van der Waals surface area contributed by atoms with Gasteiger partial charge in [0.2, 0.25) is 0 Å². The number of carbonyl (C=O) groups is 1. The number of carbonyl (C=O) groups excluding carboxylic acids is 1.